The monoisotopic (exact) mass is 424 g/mol. The lowest BCUT2D eigenvalue weighted by atomic mass is 10.1. The summed E-state index contributed by atoms with van der Waals surface area (Å²) >= 11 is 0. The molecule has 1 aromatic carbocycles. The van der Waals surface area contributed by atoms with E-state index in [0.717, 1.165) is 32.0 Å². The first kappa shape index (κ1) is 20.5. The first-order valence-corrected chi connectivity index (χ1v) is 11.5. The molecule has 4 rings (SSSR count). The number of ether oxygens (including phenoxy) is 2. The Labute approximate surface area is 171 Å². The number of amides is 1. The van der Waals surface area contributed by atoms with E-state index >= 15 is 0 Å². The van der Waals surface area contributed by atoms with Crippen LogP contribution in [-0.2, 0) is 19.7 Å². The Balaban J connectivity index is 1.34. The van der Waals surface area contributed by atoms with Crippen molar-refractivity contribution in [3.63, 3.8) is 0 Å². The van der Waals surface area contributed by atoms with Gasteiger partial charge < -0.3 is 19.3 Å². The van der Waals surface area contributed by atoms with Crippen molar-refractivity contribution in [3.05, 3.63) is 29.8 Å². The van der Waals surface area contributed by atoms with Gasteiger partial charge in [0, 0.05) is 63.6 Å². The maximum absolute atomic E-state index is 12.8. The zero-order valence-electron chi connectivity index (χ0n) is 16.5. The molecule has 1 aromatic rings. The van der Waals surface area contributed by atoms with Gasteiger partial charge in [0.2, 0.25) is 0 Å². The fraction of sp³-hybridized carbons (Fsp3) is 0.632. The van der Waals surface area contributed by atoms with Crippen LogP contribution >= 0.6 is 0 Å². The molecule has 0 N–H and O–H groups in total. The largest absolute Gasteiger partial charge is 0.379 e. The van der Waals surface area contributed by atoms with Crippen LogP contribution in [0.5, 0.6) is 0 Å². The van der Waals surface area contributed by atoms with Gasteiger partial charge in [0.05, 0.1) is 26.4 Å². The second-order valence-electron chi connectivity index (χ2n) is 7.36. The number of hydrogen-bond donors (Lipinski definition) is 0. The van der Waals surface area contributed by atoms with Crippen molar-refractivity contribution in [1.29, 1.82) is 0 Å². The lowest BCUT2D eigenvalue weighted by Gasteiger charge is -2.37. The molecule has 3 heterocycles. The van der Waals surface area contributed by atoms with Gasteiger partial charge in [-0.3, -0.25) is 4.79 Å². The van der Waals surface area contributed by atoms with Gasteiger partial charge in [-0.05, 0) is 24.3 Å². The summed E-state index contributed by atoms with van der Waals surface area (Å²) in [6.45, 7) is 6.20. The van der Waals surface area contributed by atoms with Crippen molar-refractivity contribution in [3.8, 4) is 0 Å². The van der Waals surface area contributed by atoms with Crippen LogP contribution in [-0.4, -0.2) is 107 Å². The molecular weight excluding hydrogens is 396 g/mol. The summed E-state index contributed by atoms with van der Waals surface area (Å²) in [5, 5.41) is 0. The number of morpholine rings is 2. The number of carbonyl (C=O) groups excluding carboxylic acids is 1. The van der Waals surface area contributed by atoms with E-state index in [1.165, 1.54) is 8.61 Å². The molecule has 3 fully saturated rings. The Morgan fingerprint density at radius 3 is 1.83 bits per heavy atom. The number of anilines is 1. The first-order valence-electron chi connectivity index (χ1n) is 10.1. The second kappa shape index (κ2) is 8.97. The number of benzene rings is 1. The van der Waals surface area contributed by atoms with E-state index in [9.17, 15) is 13.2 Å². The van der Waals surface area contributed by atoms with Crippen molar-refractivity contribution >= 4 is 21.8 Å². The van der Waals surface area contributed by atoms with E-state index in [-0.39, 0.29) is 5.91 Å². The molecule has 0 unspecified atom stereocenters. The molecule has 9 nitrogen and oxygen atoms in total. The molecular formula is C19H28N4O5S. The minimum Gasteiger partial charge on any atom is -0.379 e. The quantitative estimate of drug-likeness (QED) is 0.669. The fourth-order valence-electron chi connectivity index (χ4n) is 3.88. The SMILES string of the molecule is O=C(c1ccc(N2CCOCC2)cc1)N1CCN(S(=O)(=O)N2CCOCC2)CC1. The third-order valence-electron chi connectivity index (χ3n) is 5.64. The van der Waals surface area contributed by atoms with Gasteiger partial charge in [-0.25, -0.2) is 0 Å². The standard InChI is InChI=1S/C19H28N4O5S/c24-19(17-1-3-18(4-2-17)20-9-13-27-14-10-20)21-5-7-22(8-6-21)29(25,26)23-11-15-28-16-12-23/h1-4H,5-16H2. The van der Waals surface area contributed by atoms with Gasteiger partial charge >= 0.3 is 0 Å². The van der Waals surface area contributed by atoms with E-state index in [1.54, 1.807) is 4.90 Å². The number of hydrogen-bond acceptors (Lipinski definition) is 6. The molecule has 10 heteroatoms. The van der Waals surface area contributed by atoms with Crippen LogP contribution in [0.2, 0.25) is 0 Å². The highest BCUT2D eigenvalue weighted by atomic mass is 32.2. The maximum atomic E-state index is 12.8. The van der Waals surface area contributed by atoms with E-state index in [2.05, 4.69) is 4.90 Å². The molecule has 3 aliphatic rings. The van der Waals surface area contributed by atoms with Crippen LogP contribution in [0.15, 0.2) is 24.3 Å². The van der Waals surface area contributed by atoms with Crippen molar-refractivity contribution in [2.45, 2.75) is 0 Å². The van der Waals surface area contributed by atoms with Gasteiger partial charge in [-0.1, -0.05) is 0 Å². The number of rotatable bonds is 4. The van der Waals surface area contributed by atoms with Gasteiger partial charge in [-0.2, -0.15) is 17.0 Å². The topological polar surface area (TPSA) is 82.6 Å². The lowest BCUT2D eigenvalue weighted by Crippen LogP contribution is -2.55. The average Bonchev–Trinajstić information content (AvgIpc) is 2.80. The van der Waals surface area contributed by atoms with Crippen LogP contribution in [0.3, 0.4) is 0 Å². The molecule has 0 aromatic heterocycles. The van der Waals surface area contributed by atoms with Gasteiger partial charge in [0.1, 0.15) is 0 Å². The summed E-state index contributed by atoms with van der Waals surface area (Å²) in [7, 11) is -3.48. The summed E-state index contributed by atoms with van der Waals surface area (Å²) < 4.78 is 39.1. The summed E-state index contributed by atoms with van der Waals surface area (Å²) in [6, 6.07) is 7.64. The molecule has 0 bridgehead atoms. The number of nitrogens with zero attached hydrogens (tertiary/aromatic N) is 4. The van der Waals surface area contributed by atoms with E-state index in [4.69, 9.17) is 9.47 Å². The Morgan fingerprint density at radius 1 is 0.724 bits per heavy atom. The predicted octanol–water partition coefficient (Wildman–Crippen LogP) is -0.142. The normalized spacial score (nSPS) is 22.6. The number of carbonyl (C=O) groups is 1. The third-order valence-corrected chi connectivity index (χ3v) is 7.67. The van der Waals surface area contributed by atoms with Crippen molar-refractivity contribution in [2.75, 3.05) is 83.7 Å². The second-order valence-corrected chi connectivity index (χ2v) is 9.29. The van der Waals surface area contributed by atoms with Crippen molar-refractivity contribution < 1.29 is 22.7 Å². The number of piperazine rings is 1. The Hall–Kier alpha value is -1.72. The molecule has 0 radical (unpaired) electrons. The van der Waals surface area contributed by atoms with Gasteiger partial charge in [0.15, 0.2) is 0 Å². The van der Waals surface area contributed by atoms with Gasteiger partial charge in [-0.15, -0.1) is 0 Å². The summed E-state index contributed by atoms with van der Waals surface area (Å²) in [5.74, 6) is -0.0538. The van der Waals surface area contributed by atoms with E-state index < -0.39 is 10.2 Å². The zero-order valence-corrected chi connectivity index (χ0v) is 17.3. The molecule has 0 spiro atoms. The molecule has 29 heavy (non-hydrogen) atoms. The molecule has 0 aliphatic carbocycles. The highest BCUT2D eigenvalue weighted by Crippen LogP contribution is 2.19. The van der Waals surface area contributed by atoms with Crippen LogP contribution in [0.1, 0.15) is 10.4 Å². The highest BCUT2D eigenvalue weighted by molar-refractivity contribution is 7.86. The van der Waals surface area contributed by atoms with Crippen LogP contribution in [0.4, 0.5) is 5.69 Å². The Bertz CT molecular complexity index is 796. The maximum Gasteiger partial charge on any atom is 0.282 e. The third kappa shape index (κ3) is 4.56. The molecule has 1 amide bonds. The van der Waals surface area contributed by atoms with E-state index in [1.807, 2.05) is 24.3 Å². The summed E-state index contributed by atoms with van der Waals surface area (Å²) in [6.07, 6.45) is 0. The van der Waals surface area contributed by atoms with E-state index in [0.29, 0.717) is 58.0 Å². The van der Waals surface area contributed by atoms with Crippen LogP contribution < -0.4 is 4.90 Å². The highest BCUT2D eigenvalue weighted by Gasteiger charge is 2.34. The smallest absolute Gasteiger partial charge is 0.282 e. The zero-order chi connectivity index (χ0) is 20.3. The summed E-state index contributed by atoms with van der Waals surface area (Å²) in [5.41, 5.74) is 1.72. The Kier molecular flexibility index (Phi) is 6.35. The minimum absolute atomic E-state index is 0.0538. The van der Waals surface area contributed by atoms with Crippen molar-refractivity contribution in [2.24, 2.45) is 0 Å². The minimum atomic E-state index is -3.48. The predicted molar refractivity (Wildman–Crippen MR) is 108 cm³/mol. The lowest BCUT2D eigenvalue weighted by molar-refractivity contribution is 0.0636. The van der Waals surface area contributed by atoms with Crippen LogP contribution in [0, 0.1) is 0 Å². The van der Waals surface area contributed by atoms with Crippen molar-refractivity contribution in [1.82, 2.24) is 13.5 Å². The van der Waals surface area contributed by atoms with Crippen LogP contribution in [0.25, 0.3) is 0 Å². The molecule has 160 valence electrons. The first-order chi connectivity index (χ1) is 14.1. The summed E-state index contributed by atoms with van der Waals surface area (Å²) in [4.78, 5) is 16.8. The molecule has 0 saturated carbocycles. The van der Waals surface area contributed by atoms with Gasteiger partial charge in [0.25, 0.3) is 16.1 Å². The average molecular weight is 425 g/mol. The molecule has 3 saturated heterocycles. The fourth-order valence-corrected chi connectivity index (χ4v) is 5.44. The Morgan fingerprint density at radius 2 is 1.24 bits per heavy atom. The molecule has 0 atom stereocenters. The molecule has 3 aliphatic heterocycles.